The third kappa shape index (κ3) is 3.47. The highest BCUT2D eigenvalue weighted by Crippen LogP contribution is 2.16. The molecule has 0 spiro atoms. The Morgan fingerprint density at radius 3 is 2.83 bits per heavy atom. The van der Waals surface area contributed by atoms with Crippen LogP contribution in [0.1, 0.15) is 29.3 Å². The fourth-order valence-electron chi connectivity index (χ4n) is 2.17. The first-order valence-electron chi connectivity index (χ1n) is 6.61. The maximum atomic E-state index is 3.60. The van der Waals surface area contributed by atoms with E-state index in [2.05, 4.69) is 61.1 Å². The Morgan fingerprint density at radius 1 is 1.33 bits per heavy atom. The molecular weight excluding hydrogens is 240 g/mol. The minimum absolute atomic E-state index is 0.517. The minimum Gasteiger partial charge on any atom is -0.351 e. The predicted molar refractivity (Wildman–Crippen MR) is 79.2 cm³/mol. The molecule has 3 heteroatoms. The molecule has 0 saturated heterocycles. The number of aryl methyl sites for hydroxylation is 2. The van der Waals surface area contributed by atoms with Gasteiger partial charge in [-0.2, -0.15) is 0 Å². The molecule has 0 radical (unpaired) electrons. The van der Waals surface area contributed by atoms with E-state index in [0.29, 0.717) is 6.04 Å². The molecular formula is C15H22N2S. The van der Waals surface area contributed by atoms with E-state index in [1.807, 2.05) is 11.3 Å². The summed E-state index contributed by atoms with van der Waals surface area (Å²) in [7, 11) is 0. The average Bonchev–Trinajstić information content (AvgIpc) is 2.95. The van der Waals surface area contributed by atoms with E-state index in [9.17, 15) is 0 Å². The van der Waals surface area contributed by atoms with Crippen LogP contribution in [0, 0.1) is 6.92 Å². The van der Waals surface area contributed by atoms with Gasteiger partial charge >= 0.3 is 0 Å². The molecule has 0 bridgehead atoms. The van der Waals surface area contributed by atoms with Gasteiger partial charge in [-0.25, -0.2) is 0 Å². The largest absolute Gasteiger partial charge is 0.351 e. The van der Waals surface area contributed by atoms with Crippen LogP contribution in [0.15, 0.2) is 30.5 Å². The van der Waals surface area contributed by atoms with E-state index < -0.39 is 0 Å². The molecule has 1 unspecified atom stereocenters. The van der Waals surface area contributed by atoms with Gasteiger partial charge < -0.3 is 9.88 Å². The molecule has 0 saturated carbocycles. The molecule has 1 atom stereocenters. The van der Waals surface area contributed by atoms with Crippen molar-refractivity contribution in [2.45, 2.75) is 46.3 Å². The molecule has 0 aliphatic carbocycles. The Hall–Kier alpha value is -1.06. The van der Waals surface area contributed by atoms with Gasteiger partial charge in [0.15, 0.2) is 0 Å². The van der Waals surface area contributed by atoms with E-state index in [4.69, 9.17) is 0 Å². The Morgan fingerprint density at radius 2 is 2.17 bits per heavy atom. The highest BCUT2D eigenvalue weighted by Gasteiger charge is 2.06. The third-order valence-corrected chi connectivity index (χ3v) is 4.22. The van der Waals surface area contributed by atoms with Gasteiger partial charge in [-0.1, -0.05) is 0 Å². The standard InChI is InChI=1S/C15H22N2S/c1-4-17-9-5-6-14(17)11-16-12(2)10-15-8-7-13(3)18-15/h5-9,12,16H,4,10-11H2,1-3H3. The second-order valence-electron chi connectivity index (χ2n) is 4.78. The molecule has 2 aromatic rings. The summed E-state index contributed by atoms with van der Waals surface area (Å²) in [5.41, 5.74) is 1.37. The maximum absolute atomic E-state index is 3.60. The summed E-state index contributed by atoms with van der Waals surface area (Å²) in [6.45, 7) is 8.60. The van der Waals surface area contributed by atoms with Gasteiger partial charge in [0.25, 0.3) is 0 Å². The van der Waals surface area contributed by atoms with Crippen molar-refractivity contribution in [2.24, 2.45) is 0 Å². The van der Waals surface area contributed by atoms with Crippen molar-refractivity contribution in [2.75, 3.05) is 0 Å². The summed E-state index contributed by atoms with van der Waals surface area (Å²) in [5, 5.41) is 3.60. The lowest BCUT2D eigenvalue weighted by molar-refractivity contribution is 0.529. The molecule has 0 aromatic carbocycles. The fourth-order valence-corrected chi connectivity index (χ4v) is 3.19. The molecule has 1 N–H and O–H groups in total. The third-order valence-electron chi connectivity index (χ3n) is 3.20. The first-order valence-corrected chi connectivity index (χ1v) is 7.43. The van der Waals surface area contributed by atoms with Crippen molar-refractivity contribution >= 4 is 11.3 Å². The monoisotopic (exact) mass is 262 g/mol. The molecule has 2 rings (SSSR count). The number of rotatable bonds is 6. The zero-order valence-corrected chi connectivity index (χ0v) is 12.3. The van der Waals surface area contributed by atoms with Crippen LogP contribution in [-0.4, -0.2) is 10.6 Å². The normalized spacial score (nSPS) is 12.8. The second kappa shape index (κ2) is 6.21. The zero-order valence-electron chi connectivity index (χ0n) is 11.4. The second-order valence-corrected chi connectivity index (χ2v) is 6.16. The number of thiophene rings is 1. The molecule has 0 amide bonds. The summed E-state index contributed by atoms with van der Waals surface area (Å²) in [5.74, 6) is 0. The lowest BCUT2D eigenvalue weighted by atomic mass is 10.2. The van der Waals surface area contributed by atoms with Crippen LogP contribution in [0.2, 0.25) is 0 Å². The van der Waals surface area contributed by atoms with Crippen LogP contribution < -0.4 is 5.32 Å². The van der Waals surface area contributed by atoms with Gasteiger partial charge in [-0.3, -0.25) is 0 Å². The smallest absolute Gasteiger partial charge is 0.0361 e. The average molecular weight is 262 g/mol. The molecule has 2 nitrogen and oxygen atoms in total. The molecule has 2 heterocycles. The van der Waals surface area contributed by atoms with E-state index in [1.54, 1.807) is 0 Å². The highest BCUT2D eigenvalue weighted by molar-refractivity contribution is 7.11. The van der Waals surface area contributed by atoms with Crippen LogP contribution in [0.25, 0.3) is 0 Å². The maximum Gasteiger partial charge on any atom is 0.0361 e. The van der Waals surface area contributed by atoms with Crippen molar-refractivity contribution in [1.29, 1.82) is 0 Å². The molecule has 0 aliphatic heterocycles. The number of nitrogens with zero attached hydrogens (tertiary/aromatic N) is 1. The van der Waals surface area contributed by atoms with Crippen molar-refractivity contribution in [1.82, 2.24) is 9.88 Å². The summed E-state index contributed by atoms with van der Waals surface area (Å²) >= 11 is 1.90. The lowest BCUT2D eigenvalue weighted by Crippen LogP contribution is -2.28. The Labute approximate surface area is 114 Å². The van der Waals surface area contributed by atoms with E-state index in [-0.39, 0.29) is 0 Å². The van der Waals surface area contributed by atoms with Gasteiger partial charge in [0.05, 0.1) is 0 Å². The van der Waals surface area contributed by atoms with Crippen molar-refractivity contribution in [3.63, 3.8) is 0 Å². The van der Waals surface area contributed by atoms with E-state index in [0.717, 1.165) is 19.5 Å². The van der Waals surface area contributed by atoms with Crippen molar-refractivity contribution in [3.05, 3.63) is 45.9 Å². The summed E-state index contributed by atoms with van der Waals surface area (Å²) in [6.07, 6.45) is 3.26. The van der Waals surface area contributed by atoms with Crippen LogP contribution in [-0.2, 0) is 19.5 Å². The SMILES string of the molecule is CCn1cccc1CNC(C)Cc1ccc(C)s1. The topological polar surface area (TPSA) is 17.0 Å². The van der Waals surface area contributed by atoms with Gasteiger partial charge in [-0.05, 0) is 51.5 Å². The van der Waals surface area contributed by atoms with Crippen molar-refractivity contribution in [3.8, 4) is 0 Å². The van der Waals surface area contributed by atoms with E-state index >= 15 is 0 Å². The van der Waals surface area contributed by atoms with Gasteiger partial charge in [0.2, 0.25) is 0 Å². The van der Waals surface area contributed by atoms with E-state index in [1.165, 1.54) is 15.4 Å². The first-order chi connectivity index (χ1) is 8.69. The highest BCUT2D eigenvalue weighted by atomic mass is 32.1. The molecule has 18 heavy (non-hydrogen) atoms. The van der Waals surface area contributed by atoms with Crippen LogP contribution in [0.5, 0.6) is 0 Å². The molecule has 2 aromatic heterocycles. The van der Waals surface area contributed by atoms with Crippen LogP contribution >= 0.6 is 11.3 Å². The first kappa shape index (κ1) is 13.4. The van der Waals surface area contributed by atoms with Gasteiger partial charge in [-0.15, -0.1) is 11.3 Å². The number of aromatic nitrogens is 1. The van der Waals surface area contributed by atoms with Gasteiger partial charge in [0.1, 0.15) is 0 Å². The van der Waals surface area contributed by atoms with Crippen molar-refractivity contribution < 1.29 is 0 Å². The summed E-state index contributed by atoms with van der Waals surface area (Å²) in [4.78, 5) is 2.87. The Kier molecular flexibility index (Phi) is 4.61. The Balaban J connectivity index is 1.83. The predicted octanol–water partition coefficient (Wildman–Crippen LogP) is 3.60. The fraction of sp³-hybridized carbons (Fsp3) is 0.467. The Bertz CT molecular complexity index is 484. The quantitative estimate of drug-likeness (QED) is 0.841. The van der Waals surface area contributed by atoms with Crippen LogP contribution in [0.4, 0.5) is 0 Å². The molecule has 0 aliphatic rings. The molecule has 0 fully saturated rings. The number of hydrogen-bond acceptors (Lipinski definition) is 2. The van der Waals surface area contributed by atoms with Gasteiger partial charge in [0, 0.05) is 40.8 Å². The minimum atomic E-state index is 0.517. The number of nitrogens with one attached hydrogen (secondary N) is 1. The zero-order chi connectivity index (χ0) is 13.0. The number of hydrogen-bond donors (Lipinski definition) is 1. The summed E-state index contributed by atoms with van der Waals surface area (Å²) < 4.78 is 2.29. The summed E-state index contributed by atoms with van der Waals surface area (Å²) in [6, 6.07) is 9.28. The van der Waals surface area contributed by atoms with Crippen LogP contribution in [0.3, 0.4) is 0 Å². The lowest BCUT2D eigenvalue weighted by Gasteiger charge is -2.14. The molecule has 98 valence electrons.